The lowest BCUT2D eigenvalue weighted by Gasteiger charge is -2.24. The maximum atomic E-state index is 12.9. The van der Waals surface area contributed by atoms with Crippen LogP contribution in [0.3, 0.4) is 0 Å². The van der Waals surface area contributed by atoms with E-state index in [1.54, 1.807) is 0 Å². The van der Waals surface area contributed by atoms with Gasteiger partial charge in [0.15, 0.2) is 6.61 Å². The van der Waals surface area contributed by atoms with Crippen molar-refractivity contribution >= 4 is 22.8 Å². The molecule has 27 heavy (non-hydrogen) atoms. The molecule has 1 amide bonds. The fraction of sp³-hybridized carbons (Fsp3) is 0.500. The molecule has 1 heterocycles. The summed E-state index contributed by atoms with van der Waals surface area (Å²) in [6.07, 6.45) is 2.75. The molecule has 5 nitrogen and oxygen atoms in total. The van der Waals surface area contributed by atoms with Crippen LogP contribution in [0.15, 0.2) is 24.3 Å². The molecule has 0 saturated heterocycles. The number of aromatic nitrogens is 1. The monoisotopic (exact) mass is 368 g/mol. The SMILES string of the molecule is CC(C)[C@@H](C)NC(=O)COC(=O)c1c2c(nc3ccccc13)CC[C@H](C)C2. The van der Waals surface area contributed by atoms with E-state index in [0.717, 1.165) is 41.4 Å². The van der Waals surface area contributed by atoms with Crippen LogP contribution in [0.5, 0.6) is 0 Å². The predicted octanol–water partition coefficient (Wildman–Crippen LogP) is 3.68. The topological polar surface area (TPSA) is 68.3 Å². The van der Waals surface area contributed by atoms with E-state index in [1.807, 2.05) is 45.0 Å². The average Bonchev–Trinajstić information content (AvgIpc) is 2.64. The first-order valence-corrected chi connectivity index (χ1v) is 9.73. The minimum absolute atomic E-state index is 0.0339. The van der Waals surface area contributed by atoms with Crippen LogP contribution < -0.4 is 5.32 Å². The molecule has 2 atom stereocenters. The second kappa shape index (κ2) is 8.07. The van der Waals surface area contributed by atoms with Gasteiger partial charge in [0, 0.05) is 17.1 Å². The lowest BCUT2D eigenvalue weighted by Crippen LogP contribution is -2.38. The summed E-state index contributed by atoms with van der Waals surface area (Å²) in [5, 5.41) is 3.66. The number of rotatable bonds is 5. The van der Waals surface area contributed by atoms with Crippen LogP contribution in [0.4, 0.5) is 0 Å². The molecule has 0 spiro atoms. The van der Waals surface area contributed by atoms with E-state index in [9.17, 15) is 9.59 Å². The highest BCUT2D eigenvalue weighted by atomic mass is 16.5. The number of para-hydroxylation sites is 1. The van der Waals surface area contributed by atoms with Gasteiger partial charge in [-0.2, -0.15) is 0 Å². The lowest BCUT2D eigenvalue weighted by molar-refractivity contribution is -0.125. The second-order valence-corrected chi connectivity index (χ2v) is 7.95. The van der Waals surface area contributed by atoms with E-state index in [2.05, 4.69) is 12.2 Å². The number of ether oxygens (including phenoxy) is 1. The second-order valence-electron chi connectivity index (χ2n) is 7.95. The molecule has 1 aliphatic rings. The zero-order valence-corrected chi connectivity index (χ0v) is 16.5. The van der Waals surface area contributed by atoms with Crippen molar-refractivity contribution in [1.29, 1.82) is 0 Å². The summed E-state index contributed by atoms with van der Waals surface area (Å²) < 4.78 is 5.40. The summed E-state index contributed by atoms with van der Waals surface area (Å²) in [4.78, 5) is 29.8. The summed E-state index contributed by atoms with van der Waals surface area (Å²) in [6, 6.07) is 7.67. The largest absolute Gasteiger partial charge is 0.452 e. The number of aryl methyl sites for hydroxylation is 1. The smallest absolute Gasteiger partial charge is 0.339 e. The third-order valence-electron chi connectivity index (χ3n) is 5.43. The Hall–Kier alpha value is -2.43. The van der Waals surface area contributed by atoms with Crippen LogP contribution in [-0.4, -0.2) is 29.5 Å². The number of nitrogens with one attached hydrogen (secondary N) is 1. The first-order chi connectivity index (χ1) is 12.9. The van der Waals surface area contributed by atoms with E-state index < -0.39 is 5.97 Å². The molecule has 0 radical (unpaired) electrons. The zero-order valence-electron chi connectivity index (χ0n) is 16.5. The molecule has 5 heteroatoms. The van der Waals surface area contributed by atoms with Crippen LogP contribution in [0.2, 0.25) is 0 Å². The molecule has 2 aromatic rings. The van der Waals surface area contributed by atoms with Crippen LogP contribution in [0, 0.1) is 11.8 Å². The number of carbonyl (C=O) groups excluding carboxylic acids is 2. The Balaban J connectivity index is 1.85. The highest BCUT2D eigenvalue weighted by molar-refractivity contribution is 6.05. The summed E-state index contributed by atoms with van der Waals surface area (Å²) in [5.74, 6) is 0.112. The van der Waals surface area contributed by atoms with E-state index >= 15 is 0 Å². The average molecular weight is 368 g/mol. The molecule has 0 aliphatic heterocycles. The van der Waals surface area contributed by atoms with Gasteiger partial charge in [0.25, 0.3) is 5.91 Å². The number of nitrogens with zero attached hydrogens (tertiary/aromatic N) is 1. The number of amides is 1. The van der Waals surface area contributed by atoms with Crippen molar-refractivity contribution < 1.29 is 14.3 Å². The maximum absolute atomic E-state index is 12.9. The molecule has 1 aromatic carbocycles. The van der Waals surface area contributed by atoms with Gasteiger partial charge in [-0.25, -0.2) is 4.79 Å². The molecule has 0 fully saturated rings. The van der Waals surface area contributed by atoms with Crippen molar-refractivity contribution in [1.82, 2.24) is 10.3 Å². The maximum Gasteiger partial charge on any atom is 0.339 e. The Labute approximate surface area is 160 Å². The molecule has 0 bridgehead atoms. The van der Waals surface area contributed by atoms with E-state index in [-0.39, 0.29) is 18.6 Å². The van der Waals surface area contributed by atoms with Crippen LogP contribution in [-0.2, 0) is 22.4 Å². The number of esters is 1. The van der Waals surface area contributed by atoms with Gasteiger partial charge >= 0.3 is 5.97 Å². The standard InChI is InChI=1S/C22H28N2O3/c1-13(2)15(4)23-20(25)12-27-22(26)21-16-7-5-6-8-18(16)24-19-10-9-14(3)11-17(19)21/h5-8,13-15H,9-12H2,1-4H3,(H,23,25)/t14-,15+/m0/s1. The van der Waals surface area contributed by atoms with Gasteiger partial charge in [0.05, 0.1) is 11.1 Å². The van der Waals surface area contributed by atoms with Gasteiger partial charge < -0.3 is 10.1 Å². The first kappa shape index (κ1) is 19.3. The third kappa shape index (κ3) is 4.29. The molecule has 1 aliphatic carbocycles. The van der Waals surface area contributed by atoms with Crippen LogP contribution >= 0.6 is 0 Å². The lowest BCUT2D eigenvalue weighted by atomic mass is 9.84. The fourth-order valence-corrected chi connectivity index (χ4v) is 3.46. The van der Waals surface area contributed by atoms with E-state index in [1.165, 1.54) is 0 Å². The van der Waals surface area contributed by atoms with Crippen molar-refractivity contribution in [2.45, 2.75) is 53.0 Å². The molecule has 3 rings (SSSR count). The summed E-state index contributed by atoms with van der Waals surface area (Å²) >= 11 is 0. The Bertz CT molecular complexity index is 860. The van der Waals surface area contributed by atoms with Crippen molar-refractivity contribution in [2.24, 2.45) is 11.8 Å². The van der Waals surface area contributed by atoms with Gasteiger partial charge in [-0.3, -0.25) is 9.78 Å². The number of benzene rings is 1. The Kier molecular flexibility index (Phi) is 5.78. The molecular weight excluding hydrogens is 340 g/mol. The normalized spacial score (nSPS) is 17.4. The first-order valence-electron chi connectivity index (χ1n) is 9.73. The van der Waals surface area contributed by atoms with Gasteiger partial charge in [-0.1, -0.05) is 39.0 Å². The zero-order chi connectivity index (χ0) is 19.6. The number of carbonyl (C=O) groups is 2. The van der Waals surface area contributed by atoms with Crippen LogP contribution in [0.1, 0.15) is 55.7 Å². The van der Waals surface area contributed by atoms with Gasteiger partial charge in [0.2, 0.25) is 0 Å². The molecule has 144 valence electrons. The fourth-order valence-electron chi connectivity index (χ4n) is 3.46. The number of hydrogen-bond acceptors (Lipinski definition) is 4. The quantitative estimate of drug-likeness (QED) is 0.818. The molecule has 0 unspecified atom stereocenters. The van der Waals surface area contributed by atoms with E-state index in [0.29, 0.717) is 17.4 Å². The summed E-state index contributed by atoms with van der Waals surface area (Å²) in [7, 11) is 0. The molecule has 1 N–H and O–H groups in total. The van der Waals surface area contributed by atoms with Gasteiger partial charge in [0.1, 0.15) is 0 Å². The van der Waals surface area contributed by atoms with Crippen LogP contribution in [0.25, 0.3) is 10.9 Å². The van der Waals surface area contributed by atoms with Gasteiger partial charge in [-0.05, 0) is 49.7 Å². The Morgan fingerprint density at radius 2 is 2.00 bits per heavy atom. The van der Waals surface area contributed by atoms with Crippen molar-refractivity contribution in [3.8, 4) is 0 Å². The Morgan fingerprint density at radius 3 is 2.74 bits per heavy atom. The summed E-state index contributed by atoms with van der Waals surface area (Å²) in [6.45, 7) is 7.93. The third-order valence-corrected chi connectivity index (χ3v) is 5.43. The Morgan fingerprint density at radius 1 is 1.26 bits per heavy atom. The number of pyridine rings is 1. The number of fused-ring (bicyclic) bond motifs is 2. The van der Waals surface area contributed by atoms with Crippen molar-refractivity contribution in [3.05, 3.63) is 41.1 Å². The highest BCUT2D eigenvalue weighted by Gasteiger charge is 2.26. The van der Waals surface area contributed by atoms with E-state index in [4.69, 9.17) is 9.72 Å². The molecular formula is C22H28N2O3. The van der Waals surface area contributed by atoms with Crippen molar-refractivity contribution in [2.75, 3.05) is 6.61 Å². The van der Waals surface area contributed by atoms with Crippen molar-refractivity contribution in [3.63, 3.8) is 0 Å². The molecule has 0 saturated carbocycles. The predicted molar refractivity (Wildman–Crippen MR) is 106 cm³/mol. The van der Waals surface area contributed by atoms with Gasteiger partial charge in [-0.15, -0.1) is 0 Å². The minimum atomic E-state index is -0.439. The minimum Gasteiger partial charge on any atom is -0.452 e. The molecule has 1 aromatic heterocycles. The number of hydrogen-bond donors (Lipinski definition) is 1. The summed E-state index contributed by atoms with van der Waals surface area (Å²) in [5.41, 5.74) is 3.34. The highest BCUT2D eigenvalue weighted by Crippen LogP contribution is 2.31.